The molecule has 6 rings (SSSR count). The molecular weight excluding hydrogens is 569 g/mol. The molecule has 17 heteroatoms. The smallest absolute Gasteiger partial charge is 0.422 e. The second-order valence-corrected chi connectivity index (χ2v) is 9.93. The van der Waals surface area contributed by atoms with E-state index in [4.69, 9.17) is 32.9 Å². The van der Waals surface area contributed by atoms with E-state index in [1.54, 1.807) is 10.9 Å². The van der Waals surface area contributed by atoms with Crippen LogP contribution in [0, 0.1) is 11.8 Å². The largest absolute Gasteiger partial charge is 0.466 e. The Kier molecular flexibility index (Phi) is 7.97. The van der Waals surface area contributed by atoms with E-state index in [1.165, 1.54) is 6.33 Å². The van der Waals surface area contributed by atoms with E-state index in [0.29, 0.717) is 23.2 Å². The number of alkyl halides is 3. The lowest BCUT2D eigenvalue weighted by Crippen LogP contribution is -2.20. The lowest BCUT2D eigenvalue weighted by molar-refractivity contribution is -0.153. The van der Waals surface area contributed by atoms with Gasteiger partial charge in [-0.3, -0.25) is 0 Å². The fraction of sp³-hybridized carbons (Fsp3) is 0.417. The minimum Gasteiger partial charge on any atom is -0.466 e. The number of nitrogens with zero attached hydrogens (tertiary/aromatic N) is 8. The van der Waals surface area contributed by atoms with Gasteiger partial charge in [-0.05, 0) is 12.8 Å². The molecule has 4 aromatic heterocycles. The number of nitrogen functional groups attached to an aromatic ring is 2. The van der Waals surface area contributed by atoms with Crippen LogP contribution < -0.4 is 16.2 Å². The molecule has 41 heavy (non-hydrogen) atoms. The predicted molar refractivity (Wildman–Crippen MR) is 143 cm³/mol. The molecule has 6 N–H and O–H groups in total. The fourth-order valence-electron chi connectivity index (χ4n) is 4.73. The van der Waals surface area contributed by atoms with Gasteiger partial charge in [-0.15, -0.1) is 0 Å². The van der Waals surface area contributed by atoms with E-state index >= 15 is 0 Å². The zero-order valence-electron chi connectivity index (χ0n) is 21.4. The lowest BCUT2D eigenvalue weighted by atomic mass is 10.1. The number of halogens is 4. The van der Waals surface area contributed by atoms with Crippen molar-refractivity contribution >= 4 is 45.8 Å². The van der Waals surface area contributed by atoms with Gasteiger partial charge in [0.1, 0.15) is 5.52 Å². The van der Waals surface area contributed by atoms with Crippen molar-refractivity contribution in [2.24, 2.45) is 11.8 Å². The van der Waals surface area contributed by atoms with Gasteiger partial charge in [-0.1, -0.05) is 35.9 Å². The molecule has 0 unspecified atom stereocenters. The maximum absolute atomic E-state index is 12.3. The van der Waals surface area contributed by atoms with E-state index in [9.17, 15) is 18.3 Å². The van der Waals surface area contributed by atoms with Crippen LogP contribution in [0.15, 0.2) is 37.0 Å². The molecule has 0 fully saturated rings. The quantitative estimate of drug-likeness (QED) is 0.190. The summed E-state index contributed by atoms with van der Waals surface area (Å²) in [6, 6.07) is 0.0134. The third-order valence-corrected chi connectivity index (χ3v) is 6.92. The Morgan fingerprint density at radius 1 is 0.829 bits per heavy atom. The van der Waals surface area contributed by atoms with Gasteiger partial charge in [-0.25, -0.2) is 9.97 Å². The Labute approximate surface area is 235 Å². The number of aliphatic hydroxyl groups is 2. The molecule has 13 nitrogen and oxygen atoms in total. The molecule has 218 valence electrons. The first-order chi connectivity index (χ1) is 19.6. The summed E-state index contributed by atoms with van der Waals surface area (Å²) in [4.78, 5) is 24.0. The zero-order valence-corrected chi connectivity index (χ0v) is 22.1. The van der Waals surface area contributed by atoms with Gasteiger partial charge in [0.25, 0.3) is 0 Å². The van der Waals surface area contributed by atoms with Gasteiger partial charge in [-0.2, -0.15) is 33.1 Å². The van der Waals surface area contributed by atoms with E-state index in [1.807, 2.05) is 28.9 Å². The minimum absolute atomic E-state index is 0.0245. The first kappa shape index (κ1) is 28.5. The van der Waals surface area contributed by atoms with Crippen molar-refractivity contribution < 1.29 is 28.1 Å². The molecule has 4 heterocycles. The summed E-state index contributed by atoms with van der Waals surface area (Å²) in [6.45, 7) is -1.31. The van der Waals surface area contributed by atoms with Crippen molar-refractivity contribution in [2.45, 2.75) is 31.1 Å². The summed E-state index contributed by atoms with van der Waals surface area (Å²) in [5.74, 6) is -0.156. The first-order valence-corrected chi connectivity index (χ1v) is 12.9. The van der Waals surface area contributed by atoms with Crippen LogP contribution in [0.5, 0.6) is 5.88 Å². The maximum Gasteiger partial charge on any atom is 0.422 e. The van der Waals surface area contributed by atoms with Crippen LogP contribution in [0.4, 0.5) is 25.1 Å². The number of hydrogen-bond donors (Lipinski definition) is 4. The monoisotopic (exact) mass is 594 g/mol. The molecule has 0 bridgehead atoms. The van der Waals surface area contributed by atoms with Crippen LogP contribution in [-0.4, -0.2) is 75.2 Å². The van der Waals surface area contributed by atoms with Crippen LogP contribution in [0.2, 0.25) is 5.15 Å². The molecule has 2 aliphatic carbocycles. The standard InChI is InChI=1S/C13H14F3N5O2.C11H12ClN5O/c14-13(15,16)5-23-11-9-10(19-12(17)20-11)21(6-18-9)8-2-1-7(3-8)4-22;12-9-8-10(16-11(13)15-9)17(5-14-8)7-2-1-6(3-7)4-18/h1-2,6-8,22H,3-5H2,(H2,17,19,20);1-2,5-7,18H,3-4H2,(H2,13,15,16)/t7-,8+;6-,7+/m11/s1. The highest BCUT2D eigenvalue weighted by atomic mass is 35.5. The van der Waals surface area contributed by atoms with Gasteiger partial charge < -0.3 is 35.6 Å². The maximum atomic E-state index is 12.3. The molecule has 0 amide bonds. The number of fused-ring (bicyclic) bond motifs is 2. The molecule has 0 saturated carbocycles. The highest BCUT2D eigenvalue weighted by molar-refractivity contribution is 6.33. The topological polar surface area (TPSA) is 189 Å². The summed E-state index contributed by atoms with van der Waals surface area (Å²) < 4.78 is 45.2. The molecule has 0 aliphatic heterocycles. The van der Waals surface area contributed by atoms with Crippen LogP contribution in [0.1, 0.15) is 24.9 Å². The normalized spacial score (nSPS) is 22.0. The van der Waals surface area contributed by atoms with Gasteiger partial charge in [0.2, 0.25) is 17.8 Å². The van der Waals surface area contributed by atoms with Gasteiger partial charge in [0, 0.05) is 25.0 Å². The van der Waals surface area contributed by atoms with Gasteiger partial charge >= 0.3 is 6.18 Å². The summed E-state index contributed by atoms with van der Waals surface area (Å²) in [6.07, 6.45) is 7.91. The lowest BCUT2D eigenvalue weighted by Gasteiger charge is -2.13. The average Bonchev–Trinajstić information content (AvgIpc) is 3.72. The van der Waals surface area contributed by atoms with Crippen molar-refractivity contribution in [1.29, 1.82) is 0 Å². The number of anilines is 2. The highest BCUT2D eigenvalue weighted by Gasteiger charge is 2.30. The van der Waals surface area contributed by atoms with E-state index < -0.39 is 12.8 Å². The van der Waals surface area contributed by atoms with E-state index in [2.05, 4.69) is 29.9 Å². The average molecular weight is 595 g/mol. The Morgan fingerprint density at radius 3 is 1.85 bits per heavy atom. The molecule has 4 atom stereocenters. The SMILES string of the molecule is Nc1nc(Cl)c2ncn([C@H]3C=C[C@@H](CO)C3)c2n1.Nc1nc(OCC(F)(F)F)c2ncn([C@H]3C=C[C@@H](CO)C3)c2n1. The molecule has 0 saturated heterocycles. The van der Waals surface area contributed by atoms with Crippen LogP contribution in [0.3, 0.4) is 0 Å². The summed E-state index contributed by atoms with van der Waals surface area (Å²) >= 11 is 5.97. The number of imidazole rings is 2. The zero-order chi connectivity index (χ0) is 29.3. The molecule has 0 radical (unpaired) electrons. The fourth-order valence-corrected chi connectivity index (χ4v) is 4.95. The van der Waals surface area contributed by atoms with Gasteiger partial charge in [0.15, 0.2) is 28.6 Å². The number of rotatable bonds is 6. The molecular formula is C24H26ClF3N10O3. The van der Waals surface area contributed by atoms with Crippen LogP contribution >= 0.6 is 11.6 Å². The molecule has 0 aromatic carbocycles. The van der Waals surface area contributed by atoms with E-state index in [-0.39, 0.29) is 65.6 Å². The Balaban J connectivity index is 0.000000169. The molecule has 2 aliphatic rings. The number of hydrogen-bond acceptors (Lipinski definition) is 11. The summed E-state index contributed by atoms with van der Waals surface area (Å²) in [5, 5.41) is 18.6. The van der Waals surface area contributed by atoms with Crippen LogP contribution in [0.25, 0.3) is 22.3 Å². The molecule has 0 spiro atoms. The van der Waals surface area contributed by atoms with Crippen molar-refractivity contribution in [3.8, 4) is 5.88 Å². The number of aromatic nitrogens is 8. The summed E-state index contributed by atoms with van der Waals surface area (Å²) in [7, 11) is 0. The Bertz CT molecular complexity index is 1610. The number of allylic oxidation sites excluding steroid dienone is 2. The second kappa shape index (κ2) is 11.5. The van der Waals surface area contributed by atoms with Gasteiger partial charge in [0.05, 0.1) is 24.7 Å². The minimum atomic E-state index is -4.49. The highest BCUT2D eigenvalue weighted by Crippen LogP contribution is 2.33. The second-order valence-electron chi connectivity index (χ2n) is 9.57. The molecule has 4 aromatic rings. The summed E-state index contributed by atoms with van der Waals surface area (Å²) in [5.41, 5.74) is 12.7. The number of nitrogens with two attached hydrogens (primary N) is 2. The number of aliphatic hydroxyl groups excluding tert-OH is 2. The van der Waals surface area contributed by atoms with E-state index in [0.717, 1.165) is 6.42 Å². The van der Waals surface area contributed by atoms with Crippen molar-refractivity contribution in [2.75, 3.05) is 31.3 Å². The third-order valence-electron chi connectivity index (χ3n) is 6.66. The van der Waals surface area contributed by atoms with Crippen LogP contribution in [-0.2, 0) is 0 Å². The predicted octanol–water partition coefficient (Wildman–Crippen LogP) is 2.63. The first-order valence-electron chi connectivity index (χ1n) is 12.5. The Hall–Kier alpha value is -4.02. The van der Waals surface area contributed by atoms with Crippen molar-refractivity contribution in [1.82, 2.24) is 39.0 Å². The van der Waals surface area contributed by atoms with Crippen molar-refractivity contribution in [3.63, 3.8) is 0 Å². The Morgan fingerprint density at radius 2 is 1.34 bits per heavy atom. The number of ether oxygens (including phenoxy) is 1. The van der Waals surface area contributed by atoms with Crippen molar-refractivity contribution in [3.05, 3.63) is 42.1 Å². The third kappa shape index (κ3) is 6.18.